The zero-order chi connectivity index (χ0) is 3.41. The van der Waals surface area contributed by atoms with E-state index in [9.17, 15) is 0 Å². The summed E-state index contributed by atoms with van der Waals surface area (Å²) in [5, 5.41) is 0. The Bertz CT molecular complexity index is 10.0. The Kier molecular flexibility index (Phi) is 4.94. The lowest BCUT2D eigenvalue weighted by Gasteiger charge is -1.65. The molecule has 0 aromatic heterocycles. The number of hydrogen-bond donors (Lipinski definition) is 0. The average Bonchev–Trinajstić information content (AvgIpc) is 1.37. The molecule has 0 aliphatic carbocycles. The molecule has 0 nitrogen and oxygen atoms in total. The third-order valence-corrected chi connectivity index (χ3v) is 2.08. The van der Waals surface area contributed by atoms with Gasteiger partial charge in [-0.25, -0.2) is 0 Å². The molecule has 0 radical (unpaired) electrons. The van der Waals surface area contributed by atoms with Crippen molar-refractivity contribution in [2.24, 2.45) is 0 Å². The van der Waals surface area contributed by atoms with Crippen molar-refractivity contribution >= 4 is 30.6 Å². The zero-order valence-corrected chi connectivity index (χ0v) is 5.17. The summed E-state index contributed by atoms with van der Waals surface area (Å²) in [6.07, 6.45) is 0. The molecule has 3 heteroatoms. The summed E-state index contributed by atoms with van der Waals surface area (Å²) < 4.78 is 0. The van der Waals surface area contributed by atoms with Gasteiger partial charge in [0.15, 0.2) is 0 Å². The predicted octanol–water partition coefficient (Wildman–Crippen LogP) is 0.565. The standard InChI is InChI=1S/CH5BBrP/c2-1-4-3/h4H,1-2H2. The minimum absolute atomic E-state index is 0.953. The first kappa shape index (κ1) is 4.97. The highest BCUT2D eigenvalue weighted by molar-refractivity contribution is 9.36. The summed E-state index contributed by atoms with van der Waals surface area (Å²) in [4.78, 5) is 0. The van der Waals surface area contributed by atoms with Crippen LogP contribution < -0.4 is 0 Å². The SMILES string of the molecule is BCPBr. The van der Waals surface area contributed by atoms with Crippen LogP contribution in [0, 0.1) is 0 Å². The predicted molar refractivity (Wildman–Crippen MR) is 30.7 cm³/mol. The van der Waals surface area contributed by atoms with E-state index in [2.05, 4.69) is 23.3 Å². The highest BCUT2D eigenvalue weighted by Crippen LogP contribution is 2.14. The molecule has 0 heterocycles. The maximum atomic E-state index is 3.28. The fraction of sp³-hybridized carbons (Fsp3) is 1.00. The molecule has 0 saturated heterocycles. The Morgan fingerprint density at radius 2 is 2.25 bits per heavy atom. The monoisotopic (exact) mass is 138 g/mol. The lowest BCUT2D eigenvalue weighted by molar-refractivity contribution is 2.25. The second-order valence-electron chi connectivity index (χ2n) is 0.487. The summed E-state index contributed by atoms with van der Waals surface area (Å²) in [5.74, 6) is 0. The van der Waals surface area contributed by atoms with Crippen LogP contribution in [0.25, 0.3) is 0 Å². The van der Waals surface area contributed by atoms with E-state index in [0.717, 1.165) is 7.28 Å². The smallest absolute Gasteiger partial charge is 0.0650 e. The molecule has 24 valence electrons. The number of rotatable bonds is 1. The van der Waals surface area contributed by atoms with Crippen LogP contribution in [0.3, 0.4) is 0 Å². The Morgan fingerprint density at radius 1 is 2.00 bits per heavy atom. The number of halogens is 1. The van der Waals surface area contributed by atoms with Gasteiger partial charge < -0.3 is 0 Å². The van der Waals surface area contributed by atoms with E-state index in [-0.39, 0.29) is 0 Å². The fourth-order valence-electron chi connectivity index (χ4n) is 0. The first-order valence-electron chi connectivity index (χ1n) is 1.25. The van der Waals surface area contributed by atoms with Gasteiger partial charge in [0, 0.05) is 0 Å². The minimum atomic E-state index is 0.953. The lowest BCUT2D eigenvalue weighted by Crippen LogP contribution is -1.55. The van der Waals surface area contributed by atoms with Gasteiger partial charge in [0.2, 0.25) is 0 Å². The summed E-state index contributed by atoms with van der Waals surface area (Å²) >= 11 is 3.28. The Morgan fingerprint density at radius 3 is 2.25 bits per heavy atom. The number of hydrogen-bond acceptors (Lipinski definition) is 0. The fourth-order valence-corrected chi connectivity index (χ4v) is 0. The van der Waals surface area contributed by atoms with Crippen LogP contribution in [0.1, 0.15) is 0 Å². The molecule has 0 amide bonds. The van der Waals surface area contributed by atoms with Crippen molar-refractivity contribution in [2.45, 2.75) is 0 Å². The highest BCUT2D eigenvalue weighted by atomic mass is 79.9. The van der Waals surface area contributed by atoms with Gasteiger partial charge in [-0.2, -0.15) is 0 Å². The van der Waals surface area contributed by atoms with Gasteiger partial charge >= 0.3 is 0 Å². The van der Waals surface area contributed by atoms with Crippen molar-refractivity contribution in [3.8, 4) is 0 Å². The van der Waals surface area contributed by atoms with Crippen molar-refractivity contribution in [1.82, 2.24) is 0 Å². The summed E-state index contributed by atoms with van der Waals surface area (Å²) in [6.45, 7) is 0. The second-order valence-corrected chi connectivity index (χ2v) is 3.14. The molecule has 0 aliphatic heterocycles. The van der Waals surface area contributed by atoms with Gasteiger partial charge in [0.25, 0.3) is 0 Å². The molecule has 0 fully saturated rings. The molecule has 0 aromatic carbocycles. The molecular formula is CH5BBrP. The van der Waals surface area contributed by atoms with Crippen molar-refractivity contribution in [3.05, 3.63) is 0 Å². The molecule has 1 unspecified atom stereocenters. The zero-order valence-electron chi connectivity index (χ0n) is 2.59. The van der Waals surface area contributed by atoms with Crippen LogP contribution in [-0.4, -0.2) is 13.9 Å². The quantitative estimate of drug-likeness (QED) is 0.367. The molecule has 0 aliphatic rings. The van der Waals surface area contributed by atoms with E-state index in [4.69, 9.17) is 0 Å². The maximum Gasteiger partial charge on any atom is 0.107 e. The van der Waals surface area contributed by atoms with Gasteiger partial charge in [-0.15, -0.1) is 0 Å². The second kappa shape index (κ2) is 3.97. The summed E-state index contributed by atoms with van der Waals surface area (Å²) in [6, 6.07) is 1.26. The van der Waals surface area contributed by atoms with E-state index < -0.39 is 0 Å². The van der Waals surface area contributed by atoms with Gasteiger partial charge in [-0.05, 0) is 0 Å². The van der Waals surface area contributed by atoms with Crippen LogP contribution in [0.4, 0.5) is 0 Å². The first-order chi connectivity index (χ1) is 1.91. The lowest BCUT2D eigenvalue weighted by atomic mass is 10.2. The van der Waals surface area contributed by atoms with Crippen LogP contribution >= 0.6 is 22.8 Å². The van der Waals surface area contributed by atoms with Gasteiger partial charge in [-0.1, -0.05) is 28.8 Å². The van der Waals surface area contributed by atoms with Crippen LogP contribution in [0.2, 0.25) is 0 Å². The van der Waals surface area contributed by atoms with E-state index in [1.165, 1.54) is 6.06 Å². The van der Waals surface area contributed by atoms with Crippen molar-refractivity contribution < 1.29 is 0 Å². The van der Waals surface area contributed by atoms with Gasteiger partial charge in [0.05, 0.1) is 0 Å². The van der Waals surface area contributed by atoms with Gasteiger partial charge in [-0.3, -0.25) is 0 Å². The maximum absolute atomic E-state index is 3.28. The van der Waals surface area contributed by atoms with Gasteiger partial charge in [0.1, 0.15) is 7.85 Å². The largest absolute Gasteiger partial charge is 0.107 e. The summed E-state index contributed by atoms with van der Waals surface area (Å²) in [7, 11) is 3.10. The van der Waals surface area contributed by atoms with E-state index in [0.29, 0.717) is 0 Å². The Hall–Kier alpha value is 0.975. The molecule has 0 rings (SSSR count). The van der Waals surface area contributed by atoms with E-state index in [1.54, 1.807) is 0 Å². The Labute approximate surface area is 37.3 Å². The highest BCUT2D eigenvalue weighted by Gasteiger charge is 1.59. The van der Waals surface area contributed by atoms with Crippen LogP contribution in [0.15, 0.2) is 0 Å². The molecule has 0 aromatic rings. The van der Waals surface area contributed by atoms with E-state index >= 15 is 0 Å². The summed E-state index contributed by atoms with van der Waals surface area (Å²) in [5.41, 5.74) is 0. The molecule has 0 saturated carbocycles. The van der Waals surface area contributed by atoms with Crippen molar-refractivity contribution in [3.63, 3.8) is 0 Å². The first-order valence-corrected chi connectivity index (χ1v) is 4.71. The van der Waals surface area contributed by atoms with Crippen molar-refractivity contribution in [2.75, 3.05) is 6.06 Å². The molecule has 0 spiro atoms. The molecule has 0 bridgehead atoms. The molecule has 1 atom stereocenters. The minimum Gasteiger partial charge on any atom is -0.0650 e. The third kappa shape index (κ3) is 2.97. The average molecular weight is 139 g/mol. The third-order valence-electron chi connectivity index (χ3n) is 0.134. The molecule has 0 N–H and O–H groups in total. The normalized spacial score (nSPS) is 10.2. The van der Waals surface area contributed by atoms with Crippen molar-refractivity contribution in [1.29, 1.82) is 0 Å². The molecular weight excluding hydrogens is 134 g/mol. The molecule has 4 heavy (non-hydrogen) atoms. The van der Waals surface area contributed by atoms with Crippen LogP contribution in [-0.2, 0) is 0 Å². The topological polar surface area (TPSA) is 0 Å². The van der Waals surface area contributed by atoms with E-state index in [1.807, 2.05) is 0 Å². The van der Waals surface area contributed by atoms with Crippen LogP contribution in [0.5, 0.6) is 0 Å². The Balaban J connectivity index is 1.97.